The van der Waals surface area contributed by atoms with E-state index in [1.807, 2.05) is 36.4 Å². The SMILES string of the molecule is CN1C2CCC1CC(CNC(=O)/C=C/c1ccccc1)C2. The van der Waals surface area contributed by atoms with Crippen LogP contribution in [0.3, 0.4) is 0 Å². The molecule has 2 atom stereocenters. The summed E-state index contributed by atoms with van der Waals surface area (Å²) in [6, 6.07) is 11.4. The highest BCUT2D eigenvalue weighted by Crippen LogP contribution is 2.36. The van der Waals surface area contributed by atoms with Crippen molar-refractivity contribution >= 4 is 12.0 Å². The average molecular weight is 284 g/mol. The summed E-state index contributed by atoms with van der Waals surface area (Å²) in [6.07, 6.45) is 8.64. The lowest BCUT2D eigenvalue weighted by molar-refractivity contribution is -0.116. The molecule has 1 amide bonds. The first-order valence-corrected chi connectivity index (χ1v) is 7.95. The molecular formula is C18H24N2O. The first kappa shape index (κ1) is 14.3. The molecule has 3 rings (SSSR count). The van der Waals surface area contributed by atoms with Crippen LogP contribution in [-0.2, 0) is 4.79 Å². The summed E-state index contributed by atoms with van der Waals surface area (Å²) in [5.74, 6) is 0.665. The molecule has 112 valence electrons. The second-order valence-electron chi connectivity index (χ2n) is 6.38. The fourth-order valence-electron chi connectivity index (χ4n) is 3.73. The van der Waals surface area contributed by atoms with E-state index < -0.39 is 0 Å². The van der Waals surface area contributed by atoms with Crippen LogP contribution in [0.25, 0.3) is 6.08 Å². The maximum absolute atomic E-state index is 11.9. The fraction of sp³-hybridized carbons (Fsp3) is 0.500. The van der Waals surface area contributed by atoms with E-state index in [4.69, 9.17) is 0 Å². The number of amides is 1. The maximum atomic E-state index is 11.9. The van der Waals surface area contributed by atoms with E-state index in [9.17, 15) is 4.79 Å². The molecule has 2 aliphatic rings. The minimum atomic E-state index is 0.0186. The van der Waals surface area contributed by atoms with Crippen molar-refractivity contribution in [3.63, 3.8) is 0 Å². The number of rotatable bonds is 4. The van der Waals surface area contributed by atoms with Crippen LogP contribution < -0.4 is 5.32 Å². The highest BCUT2D eigenvalue weighted by atomic mass is 16.1. The zero-order valence-corrected chi connectivity index (χ0v) is 12.7. The van der Waals surface area contributed by atoms with Gasteiger partial charge in [-0.25, -0.2) is 0 Å². The summed E-state index contributed by atoms with van der Waals surface area (Å²) in [5, 5.41) is 3.06. The average Bonchev–Trinajstić information content (AvgIpc) is 2.74. The minimum Gasteiger partial charge on any atom is -0.352 e. The van der Waals surface area contributed by atoms with Gasteiger partial charge in [0, 0.05) is 24.7 Å². The number of piperidine rings is 1. The van der Waals surface area contributed by atoms with Crippen molar-refractivity contribution in [1.82, 2.24) is 10.2 Å². The molecule has 1 aromatic rings. The van der Waals surface area contributed by atoms with Crippen LogP contribution in [0.15, 0.2) is 36.4 Å². The predicted octanol–water partition coefficient (Wildman–Crippen LogP) is 2.69. The zero-order chi connectivity index (χ0) is 14.7. The first-order valence-electron chi connectivity index (χ1n) is 7.95. The fourth-order valence-corrected chi connectivity index (χ4v) is 3.73. The molecule has 2 unspecified atom stereocenters. The third-order valence-corrected chi connectivity index (χ3v) is 4.99. The van der Waals surface area contributed by atoms with Crippen LogP contribution in [0.2, 0.25) is 0 Å². The van der Waals surface area contributed by atoms with Gasteiger partial charge in [0.15, 0.2) is 0 Å². The number of carbonyl (C=O) groups excluding carboxylic acids is 1. The van der Waals surface area contributed by atoms with Gasteiger partial charge in [-0.15, -0.1) is 0 Å². The Morgan fingerprint density at radius 3 is 2.57 bits per heavy atom. The van der Waals surface area contributed by atoms with Gasteiger partial charge in [-0.3, -0.25) is 4.79 Å². The van der Waals surface area contributed by atoms with Crippen molar-refractivity contribution in [1.29, 1.82) is 0 Å². The molecule has 0 aromatic heterocycles. The lowest BCUT2D eigenvalue weighted by atomic mass is 9.91. The monoisotopic (exact) mass is 284 g/mol. The lowest BCUT2D eigenvalue weighted by Crippen LogP contribution is -2.43. The standard InChI is InChI=1S/C18H24N2O/c1-20-16-8-9-17(20)12-15(11-16)13-19-18(21)10-7-14-5-3-2-4-6-14/h2-7,10,15-17H,8-9,11-13H2,1H3,(H,19,21)/b10-7+. The van der Waals surface area contributed by atoms with Crippen LogP contribution in [0.4, 0.5) is 0 Å². The Balaban J connectivity index is 1.45. The topological polar surface area (TPSA) is 32.3 Å². The summed E-state index contributed by atoms with van der Waals surface area (Å²) < 4.78 is 0. The van der Waals surface area contributed by atoms with Crippen LogP contribution >= 0.6 is 0 Å². The number of hydrogen-bond acceptors (Lipinski definition) is 2. The van der Waals surface area contributed by atoms with E-state index in [1.54, 1.807) is 6.08 Å². The summed E-state index contributed by atoms with van der Waals surface area (Å²) in [5.41, 5.74) is 1.06. The molecule has 0 radical (unpaired) electrons. The molecular weight excluding hydrogens is 260 g/mol. The van der Waals surface area contributed by atoms with Crippen molar-refractivity contribution in [3.8, 4) is 0 Å². The highest BCUT2D eigenvalue weighted by Gasteiger charge is 2.38. The third-order valence-electron chi connectivity index (χ3n) is 4.99. The Labute approximate surface area is 127 Å². The van der Waals surface area contributed by atoms with Crippen LogP contribution in [0.1, 0.15) is 31.2 Å². The van der Waals surface area contributed by atoms with E-state index in [2.05, 4.69) is 17.3 Å². The summed E-state index contributed by atoms with van der Waals surface area (Å²) >= 11 is 0. The smallest absolute Gasteiger partial charge is 0.244 e. The van der Waals surface area contributed by atoms with Crippen LogP contribution in [0.5, 0.6) is 0 Å². The number of benzene rings is 1. The molecule has 0 saturated carbocycles. The molecule has 2 bridgehead atoms. The molecule has 2 saturated heterocycles. The number of hydrogen-bond donors (Lipinski definition) is 1. The molecule has 21 heavy (non-hydrogen) atoms. The second-order valence-corrected chi connectivity index (χ2v) is 6.38. The summed E-state index contributed by atoms with van der Waals surface area (Å²) in [4.78, 5) is 14.4. The Hall–Kier alpha value is -1.61. The van der Waals surface area contributed by atoms with Gasteiger partial charge in [0.05, 0.1) is 0 Å². The quantitative estimate of drug-likeness (QED) is 0.862. The predicted molar refractivity (Wildman–Crippen MR) is 85.8 cm³/mol. The third kappa shape index (κ3) is 3.53. The van der Waals surface area contributed by atoms with Gasteiger partial charge in [-0.1, -0.05) is 30.3 Å². The van der Waals surface area contributed by atoms with Crippen molar-refractivity contribution in [3.05, 3.63) is 42.0 Å². The van der Waals surface area contributed by atoms with Gasteiger partial charge in [0.25, 0.3) is 0 Å². The number of nitrogens with one attached hydrogen (secondary N) is 1. The number of nitrogens with zero attached hydrogens (tertiary/aromatic N) is 1. The van der Waals surface area contributed by atoms with Crippen LogP contribution in [-0.4, -0.2) is 36.5 Å². The van der Waals surface area contributed by atoms with Gasteiger partial charge in [0.1, 0.15) is 0 Å². The van der Waals surface area contributed by atoms with Gasteiger partial charge in [-0.05, 0) is 50.3 Å². The summed E-state index contributed by atoms with van der Waals surface area (Å²) in [7, 11) is 2.25. The molecule has 2 aliphatic heterocycles. The number of carbonyl (C=O) groups is 1. The molecule has 3 heteroatoms. The van der Waals surface area contributed by atoms with E-state index in [0.717, 1.165) is 24.2 Å². The molecule has 0 aliphatic carbocycles. The molecule has 3 nitrogen and oxygen atoms in total. The van der Waals surface area contributed by atoms with E-state index in [0.29, 0.717) is 5.92 Å². The zero-order valence-electron chi connectivity index (χ0n) is 12.7. The maximum Gasteiger partial charge on any atom is 0.244 e. The van der Waals surface area contributed by atoms with Crippen molar-refractivity contribution in [2.24, 2.45) is 5.92 Å². The van der Waals surface area contributed by atoms with Gasteiger partial charge >= 0.3 is 0 Å². The Bertz CT molecular complexity index is 497. The van der Waals surface area contributed by atoms with Gasteiger partial charge in [0.2, 0.25) is 5.91 Å². The van der Waals surface area contributed by atoms with E-state index in [-0.39, 0.29) is 5.91 Å². The van der Waals surface area contributed by atoms with Crippen molar-refractivity contribution < 1.29 is 4.79 Å². The Morgan fingerprint density at radius 1 is 1.24 bits per heavy atom. The lowest BCUT2D eigenvalue weighted by Gasteiger charge is -2.36. The molecule has 1 aromatic carbocycles. The summed E-state index contributed by atoms with van der Waals surface area (Å²) in [6.45, 7) is 0.818. The second kappa shape index (κ2) is 6.44. The van der Waals surface area contributed by atoms with E-state index >= 15 is 0 Å². The Morgan fingerprint density at radius 2 is 1.90 bits per heavy atom. The molecule has 2 fully saturated rings. The van der Waals surface area contributed by atoms with Gasteiger partial charge < -0.3 is 10.2 Å². The van der Waals surface area contributed by atoms with Crippen molar-refractivity contribution in [2.45, 2.75) is 37.8 Å². The molecule has 2 heterocycles. The number of fused-ring (bicyclic) bond motifs is 2. The van der Waals surface area contributed by atoms with Crippen LogP contribution in [0, 0.1) is 5.92 Å². The van der Waals surface area contributed by atoms with Gasteiger partial charge in [-0.2, -0.15) is 0 Å². The molecule has 0 spiro atoms. The normalized spacial score (nSPS) is 28.9. The first-order chi connectivity index (χ1) is 10.2. The molecule has 1 N–H and O–H groups in total. The Kier molecular flexibility index (Phi) is 4.39. The van der Waals surface area contributed by atoms with E-state index in [1.165, 1.54) is 25.7 Å². The minimum absolute atomic E-state index is 0.0186. The van der Waals surface area contributed by atoms with Crippen molar-refractivity contribution in [2.75, 3.05) is 13.6 Å². The highest BCUT2D eigenvalue weighted by molar-refractivity contribution is 5.91. The largest absolute Gasteiger partial charge is 0.352 e.